The van der Waals surface area contributed by atoms with Gasteiger partial charge in [0.05, 0.1) is 15.5 Å². The molecule has 1 aliphatic carbocycles. The minimum absolute atomic E-state index is 0.00516. The third kappa shape index (κ3) is 3.81. The smallest absolute Gasteiger partial charge is 0.264 e. The van der Waals surface area contributed by atoms with E-state index in [1.165, 1.54) is 10.4 Å². The number of sulfonamides is 2. The lowest BCUT2D eigenvalue weighted by atomic mass is 10.2. The van der Waals surface area contributed by atoms with Gasteiger partial charge in [0.25, 0.3) is 10.0 Å². The summed E-state index contributed by atoms with van der Waals surface area (Å²) in [6.07, 6.45) is 4.31. The third-order valence-electron chi connectivity index (χ3n) is 5.80. The SMILES string of the molecule is Cc1ccc(C)c(S(=O)(=O)N2CCc3cc(S(=O)(=O)NC4CCCC4)ccc32)c1. The first-order chi connectivity index (χ1) is 13.7. The molecule has 0 unspecified atom stereocenters. The molecule has 1 saturated carbocycles. The van der Waals surface area contributed by atoms with Crippen LogP contribution in [0.2, 0.25) is 0 Å². The number of fused-ring (bicyclic) bond motifs is 1. The van der Waals surface area contributed by atoms with Crippen molar-refractivity contribution in [2.24, 2.45) is 0 Å². The van der Waals surface area contributed by atoms with E-state index >= 15 is 0 Å². The van der Waals surface area contributed by atoms with Crippen molar-refractivity contribution in [1.29, 1.82) is 0 Å². The fourth-order valence-electron chi connectivity index (χ4n) is 4.20. The molecular weight excluding hydrogens is 408 g/mol. The zero-order chi connectivity index (χ0) is 20.8. The molecule has 29 heavy (non-hydrogen) atoms. The van der Waals surface area contributed by atoms with Crippen molar-refractivity contribution in [2.75, 3.05) is 10.8 Å². The molecule has 0 spiro atoms. The van der Waals surface area contributed by atoms with Gasteiger partial charge in [0.15, 0.2) is 0 Å². The Labute approximate surface area is 173 Å². The highest BCUT2D eigenvalue weighted by Crippen LogP contribution is 2.35. The second-order valence-corrected chi connectivity index (χ2v) is 11.5. The molecule has 8 heteroatoms. The summed E-state index contributed by atoms with van der Waals surface area (Å²) in [5, 5.41) is 0. The lowest BCUT2D eigenvalue weighted by Crippen LogP contribution is -2.32. The lowest BCUT2D eigenvalue weighted by Gasteiger charge is -2.21. The number of rotatable bonds is 5. The van der Waals surface area contributed by atoms with E-state index < -0.39 is 20.0 Å². The Balaban J connectivity index is 1.65. The molecule has 0 saturated heterocycles. The fraction of sp³-hybridized carbons (Fsp3) is 0.429. The van der Waals surface area contributed by atoms with Crippen molar-refractivity contribution in [1.82, 2.24) is 4.72 Å². The molecule has 0 radical (unpaired) electrons. The van der Waals surface area contributed by atoms with Crippen molar-refractivity contribution in [3.05, 3.63) is 53.1 Å². The summed E-state index contributed by atoms with van der Waals surface area (Å²) in [4.78, 5) is 0.499. The van der Waals surface area contributed by atoms with Crippen LogP contribution in [0.3, 0.4) is 0 Å². The summed E-state index contributed by atoms with van der Waals surface area (Å²) in [7, 11) is -7.30. The molecule has 0 aromatic heterocycles. The second kappa shape index (κ2) is 7.41. The maximum atomic E-state index is 13.3. The third-order valence-corrected chi connectivity index (χ3v) is 9.28. The fourth-order valence-corrected chi connectivity index (χ4v) is 7.37. The maximum Gasteiger partial charge on any atom is 0.264 e. The molecule has 2 aromatic carbocycles. The maximum absolute atomic E-state index is 13.3. The van der Waals surface area contributed by atoms with Gasteiger partial charge in [-0.1, -0.05) is 25.0 Å². The first-order valence-electron chi connectivity index (χ1n) is 9.94. The highest BCUT2D eigenvalue weighted by atomic mass is 32.2. The standard InChI is InChI=1S/C21H26N2O4S2/c1-15-7-8-16(2)21(13-15)29(26,27)23-12-11-17-14-19(9-10-20(17)23)28(24,25)22-18-5-3-4-6-18/h7-10,13-14,18,22H,3-6,11-12H2,1-2H3. The summed E-state index contributed by atoms with van der Waals surface area (Å²) in [6, 6.07) is 10.1. The number of hydrogen-bond donors (Lipinski definition) is 1. The van der Waals surface area contributed by atoms with Gasteiger partial charge in [0.2, 0.25) is 10.0 Å². The van der Waals surface area contributed by atoms with Gasteiger partial charge in [0.1, 0.15) is 0 Å². The average Bonchev–Trinajstić information content (AvgIpc) is 3.32. The van der Waals surface area contributed by atoms with Gasteiger partial charge in [-0.05, 0) is 74.1 Å². The molecule has 4 rings (SSSR count). The van der Waals surface area contributed by atoms with Gasteiger partial charge in [0, 0.05) is 12.6 Å². The van der Waals surface area contributed by atoms with Crippen molar-refractivity contribution >= 4 is 25.7 Å². The molecule has 156 valence electrons. The van der Waals surface area contributed by atoms with E-state index in [0.717, 1.165) is 36.8 Å². The molecule has 0 amide bonds. The van der Waals surface area contributed by atoms with E-state index in [0.29, 0.717) is 29.1 Å². The Bertz CT molecular complexity index is 1150. The summed E-state index contributed by atoms with van der Waals surface area (Å²) in [5.41, 5.74) is 2.89. The molecule has 1 fully saturated rings. The Hall–Kier alpha value is -1.90. The zero-order valence-electron chi connectivity index (χ0n) is 16.7. The number of benzene rings is 2. The summed E-state index contributed by atoms with van der Waals surface area (Å²) in [5.74, 6) is 0. The van der Waals surface area contributed by atoms with Crippen LogP contribution in [0.5, 0.6) is 0 Å². The van der Waals surface area contributed by atoms with Gasteiger partial charge in [-0.25, -0.2) is 21.6 Å². The molecule has 2 aromatic rings. The van der Waals surface area contributed by atoms with E-state index in [-0.39, 0.29) is 10.9 Å². The topological polar surface area (TPSA) is 83.6 Å². The Morgan fingerprint density at radius 1 is 0.966 bits per heavy atom. The quantitative estimate of drug-likeness (QED) is 0.783. The summed E-state index contributed by atoms with van der Waals surface area (Å²) >= 11 is 0. The number of nitrogens with zero attached hydrogens (tertiary/aromatic N) is 1. The molecule has 1 N–H and O–H groups in total. The second-order valence-electron chi connectivity index (χ2n) is 7.99. The van der Waals surface area contributed by atoms with Crippen molar-refractivity contribution in [3.8, 4) is 0 Å². The first-order valence-corrected chi connectivity index (χ1v) is 12.9. The van der Waals surface area contributed by atoms with Crippen LogP contribution >= 0.6 is 0 Å². The molecule has 2 aliphatic rings. The van der Waals surface area contributed by atoms with Crippen LogP contribution in [0, 0.1) is 13.8 Å². The molecule has 1 heterocycles. The Morgan fingerprint density at radius 3 is 2.41 bits per heavy atom. The minimum atomic E-state index is -3.70. The first kappa shape index (κ1) is 20.4. The monoisotopic (exact) mass is 434 g/mol. The van der Waals surface area contributed by atoms with Gasteiger partial charge in [-0.2, -0.15) is 0 Å². The van der Waals surface area contributed by atoms with Crippen LogP contribution in [0.1, 0.15) is 42.4 Å². The van der Waals surface area contributed by atoms with E-state index in [2.05, 4.69) is 4.72 Å². The molecule has 0 bridgehead atoms. The van der Waals surface area contributed by atoms with E-state index in [1.54, 1.807) is 25.1 Å². The van der Waals surface area contributed by atoms with Crippen molar-refractivity contribution < 1.29 is 16.8 Å². The summed E-state index contributed by atoms with van der Waals surface area (Å²) in [6.45, 7) is 3.96. The average molecular weight is 435 g/mol. The van der Waals surface area contributed by atoms with Gasteiger partial charge >= 0.3 is 0 Å². The van der Waals surface area contributed by atoms with Crippen LogP contribution < -0.4 is 9.03 Å². The van der Waals surface area contributed by atoms with Gasteiger partial charge in [-0.3, -0.25) is 4.31 Å². The number of nitrogens with one attached hydrogen (secondary N) is 1. The molecule has 1 aliphatic heterocycles. The molecule has 0 atom stereocenters. The van der Waals surface area contributed by atoms with Crippen LogP contribution in [-0.4, -0.2) is 29.4 Å². The van der Waals surface area contributed by atoms with Gasteiger partial charge in [-0.15, -0.1) is 0 Å². The van der Waals surface area contributed by atoms with E-state index in [4.69, 9.17) is 0 Å². The summed E-state index contributed by atoms with van der Waals surface area (Å²) < 4.78 is 56.2. The van der Waals surface area contributed by atoms with Crippen LogP contribution in [0.4, 0.5) is 5.69 Å². The number of hydrogen-bond acceptors (Lipinski definition) is 4. The van der Waals surface area contributed by atoms with Crippen LogP contribution in [0.15, 0.2) is 46.2 Å². The lowest BCUT2D eigenvalue weighted by molar-refractivity contribution is 0.552. The normalized spacial score (nSPS) is 17.7. The Kier molecular flexibility index (Phi) is 5.21. The number of aryl methyl sites for hydroxylation is 2. The predicted octanol–water partition coefficient (Wildman–Crippen LogP) is 3.28. The largest absolute Gasteiger partial charge is 0.266 e. The minimum Gasteiger partial charge on any atom is -0.266 e. The van der Waals surface area contributed by atoms with Crippen molar-refractivity contribution in [2.45, 2.75) is 61.8 Å². The van der Waals surface area contributed by atoms with Crippen LogP contribution in [0.25, 0.3) is 0 Å². The van der Waals surface area contributed by atoms with Gasteiger partial charge < -0.3 is 0 Å². The van der Waals surface area contributed by atoms with E-state index in [9.17, 15) is 16.8 Å². The van der Waals surface area contributed by atoms with Crippen molar-refractivity contribution in [3.63, 3.8) is 0 Å². The molecular formula is C21H26N2O4S2. The van der Waals surface area contributed by atoms with Crippen LogP contribution in [-0.2, 0) is 26.5 Å². The van der Waals surface area contributed by atoms with E-state index in [1.807, 2.05) is 19.1 Å². The number of anilines is 1. The highest BCUT2D eigenvalue weighted by Gasteiger charge is 2.33. The predicted molar refractivity (Wildman–Crippen MR) is 113 cm³/mol. The highest BCUT2D eigenvalue weighted by molar-refractivity contribution is 7.93. The Morgan fingerprint density at radius 2 is 1.69 bits per heavy atom. The molecule has 6 nitrogen and oxygen atoms in total. The zero-order valence-corrected chi connectivity index (χ0v) is 18.3.